The lowest BCUT2D eigenvalue weighted by Crippen LogP contribution is -2.18. The fourth-order valence-corrected chi connectivity index (χ4v) is 2.40. The monoisotopic (exact) mass is 385 g/mol. The highest BCUT2D eigenvalue weighted by Crippen LogP contribution is 2.30. The van der Waals surface area contributed by atoms with Gasteiger partial charge in [-0.2, -0.15) is 8.78 Å². The van der Waals surface area contributed by atoms with Crippen molar-refractivity contribution in [3.63, 3.8) is 0 Å². The Balaban J connectivity index is 2.31. The van der Waals surface area contributed by atoms with Gasteiger partial charge in [-0.1, -0.05) is 11.6 Å². The SMILES string of the molecule is CN(C)c1ccc([N+](=O)[O-])cc1C(=O)Nc1ccc(OC(F)F)c(Cl)c1. The number of halogens is 3. The quantitative estimate of drug-likeness (QED) is 0.596. The predicted molar refractivity (Wildman–Crippen MR) is 93.5 cm³/mol. The van der Waals surface area contributed by atoms with Gasteiger partial charge in [-0.15, -0.1) is 0 Å². The number of carbonyl (C=O) groups is 1. The van der Waals surface area contributed by atoms with Crippen LogP contribution in [-0.2, 0) is 0 Å². The van der Waals surface area contributed by atoms with E-state index in [1.54, 1.807) is 19.0 Å². The summed E-state index contributed by atoms with van der Waals surface area (Å²) in [7, 11) is 3.37. The minimum absolute atomic E-state index is 0.0771. The van der Waals surface area contributed by atoms with Crippen LogP contribution in [0.3, 0.4) is 0 Å². The van der Waals surface area contributed by atoms with Crippen molar-refractivity contribution < 1.29 is 23.2 Å². The molecule has 0 spiro atoms. The van der Waals surface area contributed by atoms with E-state index in [-0.39, 0.29) is 27.7 Å². The van der Waals surface area contributed by atoms with Crippen LogP contribution in [0.1, 0.15) is 10.4 Å². The molecule has 26 heavy (non-hydrogen) atoms. The molecule has 2 rings (SSSR count). The van der Waals surface area contributed by atoms with Crippen LogP contribution < -0.4 is 15.0 Å². The zero-order chi connectivity index (χ0) is 19.4. The summed E-state index contributed by atoms with van der Waals surface area (Å²) in [6.07, 6.45) is 0. The molecule has 0 aliphatic rings. The molecule has 0 atom stereocenters. The highest BCUT2D eigenvalue weighted by atomic mass is 35.5. The number of benzene rings is 2. The molecule has 2 aromatic rings. The molecule has 0 aromatic heterocycles. The average Bonchev–Trinajstić information content (AvgIpc) is 2.56. The van der Waals surface area contributed by atoms with Gasteiger partial charge in [0.05, 0.1) is 15.5 Å². The van der Waals surface area contributed by atoms with Gasteiger partial charge < -0.3 is 15.0 Å². The Hall–Kier alpha value is -2.94. The first kappa shape index (κ1) is 19.4. The van der Waals surface area contributed by atoms with Gasteiger partial charge in [0, 0.05) is 37.6 Å². The molecule has 0 aliphatic heterocycles. The molecular weight excluding hydrogens is 372 g/mol. The number of alkyl halides is 2. The van der Waals surface area contributed by atoms with Gasteiger partial charge in [-0.25, -0.2) is 0 Å². The number of hydrogen-bond acceptors (Lipinski definition) is 5. The van der Waals surface area contributed by atoms with Gasteiger partial charge in [-0.05, 0) is 24.3 Å². The number of nitrogens with zero attached hydrogens (tertiary/aromatic N) is 2. The van der Waals surface area contributed by atoms with Crippen molar-refractivity contribution in [1.29, 1.82) is 0 Å². The lowest BCUT2D eigenvalue weighted by molar-refractivity contribution is -0.384. The van der Waals surface area contributed by atoms with E-state index in [9.17, 15) is 23.7 Å². The molecule has 0 saturated carbocycles. The van der Waals surface area contributed by atoms with E-state index in [2.05, 4.69) is 10.1 Å². The van der Waals surface area contributed by atoms with Crippen molar-refractivity contribution in [1.82, 2.24) is 0 Å². The van der Waals surface area contributed by atoms with Crippen LogP contribution in [0.4, 0.5) is 25.8 Å². The van der Waals surface area contributed by atoms with Gasteiger partial charge in [0.2, 0.25) is 0 Å². The molecule has 0 heterocycles. The van der Waals surface area contributed by atoms with Crippen LogP contribution in [0.2, 0.25) is 5.02 Å². The highest BCUT2D eigenvalue weighted by molar-refractivity contribution is 6.32. The molecular formula is C16H14ClF2N3O4. The molecule has 2 aromatic carbocycles. The minimum atomic E-state index is -3.03. The minimum Gasteiger partial charge on any atom is -0.433 e. The maximum Gasteiger partial charge on any atom is 0.387 e. The second-order valence-corrected chi connectivity index (χ2v) is 5.74. The second kappa shape index (κ2) is 7.96. The Kier molecular flexibility index (Phi) is 5.93. The number of ether oxygens (including phenoxy) is 1. The Labute approximate surface area is 152 Å². The molecule has 0 unspecified atom stereocenters. The van der Waals surface area contributed by atoms with E-state index in [0.29, 0.717) is 5.69 Å². The summed E-state index contributed by atoms with van der Waals surface area (Å²) in [5.74, 6) is -0.847. The van der Waals surface area contributed by atoms with Crippen LogP contribution >= 0.6 is 11.6 Å². The molecule has 0 saturated heterocycles. The fourth-order valence-electron chi connectivity index (χ4n) is 2.18. The van der Waals surface area contributed by atoms with Crippen LogP contribution in [0, 0.1) is 10.1 Å². The van der Waals surface area contributed by atoms with Crippen LogP contribution in [0.15, 0.2) is 36.4 Å². The molecule has 1 amide bonds. The number of carbonyl (C=O) groups excluding carboxylic acids is 1. The Bertz CT molecular complexity index is 846. The van der Waals surface area contributed by atoms with Gasteiger partial charge in [0.25, 0.3) is 11.6 Å². The van der Waals surface area contributed by atoms with Gasteiger partial charge >= 0.3 is 6.61 Å². The molecule has 1 N–H and O–H groups in total. The number of rotatable bonds is 6. The van der Waals surface area contributed by atoms with Gasteiger partial charge in [-0.3, -0.25) is 14.9 Å². The van der Waals surface area contributed by atoms with Crippen LogP contribution in [0.5, 0.6) is 5.75 Å². The number of hydrogen-bond donors (Lipinski definition) is 1. The first-order valence-corrected chi connectivity index (χ1v) is 7.58. The number of nitro groups is 1. The Morgan fingerprint density at radius 3 is 2.50 bits per heavy atom. The van der Waals surface area contributed by atoms with Crippen molar-refractivity contribution in [3.8, 4) is 5.75 Å². The number of nitrogens with one attached hydrogen (secondary N) is 1. The summed E-state index contributed by atoms with van der Waals surface area (Å²) < 4.78 is 28.7. The van der Waals surface area contributed by atoms with Gasteiger partial charge in [0.15, 0.2) is 0 Å². The lowest BCUT2D eigenvalue weighted by atomic mass is 10.1. The average molecular weight is 386 g/mol. The number of anilines is 2. The molecule has 10 heteroatoms. The molecule has 0 aliphatic carbocycles. The Morgan fingerprint density at radius 1 is 1.27 bits per heavy atom. The zero-order valence-corrected chi connectivity index (χ0v) is 14.5. The van der Waals surface area contributed by atoms with Gasteiger partial charge in [0.1, 0.15) is 5.75 Å². The zero-order valence-electron chi connectivity index (χ0n) is 13.7. The van der Waals surface area contributed by atoms with Crippen molar-refractivity contribution in [2.24, 2.45) is 0 Å². The number of nitro benzene ring substituents is 1. The summed E-state index contributed by atoms with van der Waals surface area (Å²) in [5.41, 5.74) is 0.530. The van der Waals surface area contributed by atoms with Crippen molar-refractivity contribution >= 4 is 34.6 Å². The van der Waals surface area contributed by atoms with Crippen molar-refractivity contribution in [2.75, 3.05) is 24.3 Å². The molecule has 7 nitrogen and oxygen atoms in total. The first-order valence-electron chi connectivity index (χ1n) is 7.20. The van der Waals surface area contributed by atoms with Crippen molar-refractivity contribution in [2.45, 2.75) is 6.61 Å². The number of non-ortho nitro benzene ring substituents is 1. The summed E-state index contributed by atoms with van der Waals surface area (Å²) in [4.78, 5) is 24.5. The largest absolute Gasteiger partial charge is 0.433 e. The maximum atomic E-state index is 12.5. The van der Waals surface area contributed by atoms with E-state index in [0.717, 1.165) is 6.07 Å². The summed E-state index contributed by atoms with van der Waals surface area (Å²) >= 11 is 5.84. The molecule has 138 valence electrons. The third-order valence-electron chi connectivity index (χ3n) is 3.32. The summed E-state index contributed by atoms with van der Waals surface area (Å²) in [5, 5.41) is 13.4. The lowest BCUT2D eigenvalue weighted by Gasteiger charge is -2.17. The van der Waals surface area contributed by atoms with E-state index in [1.165, 1.54) is 30.3 Å². The van der Waals surface area contributed by atoms with Crippen LogP contribution in [0.25, 0.3) is 0 Å². The third kappa shape index (κ3) is 4.57. The summed E-state index contributed by atoms with van der Waals surface area (Å²) in [6, 6.07) is 7.65. The fraction of sp³-hybridized carbons (Fsp3) is 0.188. The smallest absolute Gasteiger partial charge is 0.387 e. The van der Waals surface area contributed by atoms with E-state index in [1.807, 2.05) is 0 Å². The molecule has 0 fully saturated rings. The molecule has 0 bridgehead atoms. The Morgan fingerprint density at radius 2 is 1.96 bits per heavy atom. The van der Waals surface area contributed by atoms with E-state index < -0.39 is 17.4 Å². The maximum absolute atomic E-state index is 12.5. The highest BCUT2D eigenvalue weighted by Gasteiger charge is 2.19. The van der Waals surface area contributed by atoms with E-state index in [4.69, 9.17) is 11.6 Å². The standard InChI is InChI=1S/C16H14ClF2N3O4/c1-21(2)13-5-4-10(22(24)25)8-11(13)15(23)20-9-3-6-14(12(17)7-9)26-16(18)19/h3-8,16H,1-2H3,(H,20,23). The van der Waals surface area contributed by atoms with Crippen LogP contribution in [-0.4, -0.2) is 31.5 Å². The molecule has 0 radical (unpaired) electrons. The topological polar surface area (TPSA) is 84.7 Å². The van der Waals surface area contributed by atoms with E-state index >= 15 is 0 Å². The number of amides is 1. The summed E-state index contributed by atoms with van der Waals surface area (Å²) in [6.45, 7) is -3.03. The predicted octanol–water partition coefficient (Wildman–Crippen LogP) is 4.17. The van der Waals surface area contributed by atoms with Crippen molar-refractivity contribution in [3.05, 3.63) is 57.1 Å². The normalized spacial score (nSPS) is 10.5. The third-order valence-corrected chi connectivity index (χ3v) is 3.62. The second-order valence-electron chi connectivity index (χ2n) is 5.33. The first-order chi connectivity index (χ1) is 12.2.